The van der Waals surface area contributed by atoms with Gasteiger partial charge in [0.15, 0.2) is 0 Å². The molecule has 0 aromatic heterocycles. The van der Waals surface area contributed by atoms with Gasteiger partial charge in [0.2, 0.25) is 0 Å². The molecule has 0 radical (unpaired) electrons. The van der Waals surface area contributed by atoms with E-state index in [-0.39, 0.29) is 11.9 Å². The maximum atomic E-state index is 11.3. The van der Waals surface area contributed by atoms with Crippen molar-refractivity contribution in [2.75, 3.05) is 20.2 Å². The molecular formula is C12H23NO2. The molecule has 1 aliphatic heterocycles. The van der Waals surface area contributed by atoms with Gasteiger partial charge in [0.25, 0.3) is 0 Å². The average Bonchev–Trinajstić information content (AvgIpc) is 2.28. The number of piperidine rings is 1. The summed E-state index contributed by atoms with van der Waals surface area (Å²) in [6.07, 6.45) is 4.78. The Bertz CT molecular complexity index is 206. The molecule has 0 aliphatic carbocycles. The first-order valence-electron chi connectivity index (χ1n) is 6.01. The highest BCUT2D eigenvalue weighted by atomic mass is 16.5. The summed E-state index contributed by atoms with van der Waals surface area (Å²) in [5.74, 6) is -0.0382. The zero-order chi connectivity index (χ0) is 11.3. The first-order valence-corrected chi connectivity index (χ1v) is 6.01. The van der Waals surface area contributed by atoms with E-state index in [9.17, 15) is 4.79 Å². The molecule has 0 amide bonds. The van der Waals surface area contributed by atoms with Crippen LogP contribution >= 0.6 is 0 Å². The van der Waals surface area contributed by atoms with Crippen LogP contribution in [0.15, 0.2) is 0 Å². The quantitative estimate of drug-likeness (QED) is 0.669. The highest BCUT2D eigenvalue weighted by molar-refractivity contribution is 5.71. The van der Waals surface area contributed by atoms with E-state index in [1.54, 1.807) is 0 Å². The van der Waals surface area contributed by atoms with Gasteiger partial charge in [0, 0.05) is 6.04 Å². The fraction of sp³-hybridized carbons (Fsp3) is 0.917. The van der Waals surface area contributed by atoms with Crippen molar-refractivity contribution in [1.82, 2.24) is 4.90 Å². The molecule has 1 aliphatic rings. The molecule has 0 saturated carbocycles. The lowest BCUT2D eigenvalue weighted by atomic mass is 9.93. The van der Waals surface area contributed by atoms with Gasteiger partial charge >= 0.3 is 5.97 Å². The van der Waals surface area contributed by atoms with Crippen LogP contribution in [-0.4, -0.2) is 37.1 Å². The molecule has 1 rings (SSSR count). The summed E-state index contributed by atoms with van der Waals surface area (Å²) in [6.45, 7) is 6.45. The van der Waals surface area contributed by atoms with Gasteiger partial charge < -0.3 is 9.64 Å². The third-order valence-corrected chi connectivity index (χ3v) is 3.38. The fourth-order valence-electron chi connectivity index (χ4n) is 2.45. The van der Waals surface area contributed by atoms with Gasteiger partial charge in [-0.1, -0.05) is 20.3 Å². The summed E-state index contributed by atoms with van der Waals surface area (Å²) in [5, 5.41) is 0. The summed E-state index contributed by atoms with van der Waals surface area (Å²) in [7, 11) is 1.47. The molecule has 15 heavy (non-hydrogen) atoms. The molecule has 3 nitrogen and oxygen atoms in total. The second kappa shape index (κ2) is 6.11. The van der Waals surface area contributed by atoms with E-state index >= 15 is 0 Å². The minimum atomic E-state index is -0.0726. The van der Waals surface area contributed by atoms with Crippen LogP contribution < -0.4 is 0 Å². The van der Waals surface area contributed by atoms with Crippen LogP contribution in [-0.2, 0) is 9.53 Å². The largest absolute Gasteiger partial charge is 0.469 e. The average molecular weight is 213 g/mol. The monoisotopic (exact) mass is 213 g/mol. The van der Waals surface area contributed by atoms with Crippen molar-refractivity contribution in [1.29, 1.82) is 0 Å². The molecule has 2 unspecified atom stereocenters. The Hall–Kier alpha value is -0.570. The fourth-order valence-corrected chi connectivity index (χ4v) is 2.45. The highest BCUT2D eigenvalue weighted by Gasteiger charge is 2.25. The number of carbonyl (C=O) groups is 1. The summed E-state index contributed by atoms with van der Waals surface area (Å²) in [6, 6.07) is 0.581. The van der Waals surface area contributed by atoms with E-state index < -0.39 is 0 Å². The SMILES string of the molecule is CCN1CCCCC1CC(C)C(=O)OC. The van der Waals surface area contributed by atoms with Crippen molar-refractivity contribution >= 4 is 5.97 Å². The number of hydrogen-bond acceptors (Lipinski definition) is 3. The number of esters is 1. The van der Waals surface area contributed by atoms with Crippen LogP contribution in [0.5, 0.6) is 0 Å². The van der Waals surface area contributed by atoms with Crippen LogP contribution in [0.1, 0.15) is 39.5 Å². The second-order valence-corrected chi connectivity index (χ2v) is 4.44. The van der Waals surface area contributed by atoms with E-state index in [1.807, 2.05) is 6.92 Å². The normalized spacial score (nSPS) is 24.9. The maximum Gasteiger partial charge on any atom is 0.308 e. The molecule has 1 heterocycles. The van der Waals surface area contributed by atoms with Crippen molar-refractivity contribution < 1.29 is 9.53 Å². The Morgan fingerprint density at radius 1 is 1.53 bits per heavy atom. The van der Waals surface area contributed by atoms with E-state index in [0.717, 1.165) is 13.0 Å². The van der Waals surface area contributed by atoms with Crippen LogP contribution in [0.25, 0.3) is 0 Å². The van der Waals surface area contributed by atoms with E-state index in [0.29, 0.717) is 6.04 Å². The molecule has 0 aromatic rings. The first-order chi connectivity index (χ1) is 7.19. The number of hydrogen-bond donors (Lipinski definition) is 0. The third-order valence-electron chi connectivity index (χ3n) is 3.38. The number of ether oxygens (including phenoxy) is 1. The lowest BCUT2D eigenvalue weighted by Crippen LogP contribution is -2.41. The molecule has 3 heteroatoms. The van der Waals surface area contributed by atoms with Gasteiger partial charge in [-0.2, -0.15) is 0 Å². The lowest BCUT2D eigenvalue weighted by molar-refractivity contribution is -0.145. The number of methoxy groups -OCH3 is 1. The van der Waals surface area contributed by atoms with Crippen LogP contribution in [0.2, 0.25) is 0 Å². The summed E-state index contributed by atoms with van der Waals surface area (Å²) < 4.78 is 4.76. The predicted molar refractivity (Wildman–Crippen MR) is 60.7 cm³/mol. The predicted octanol–water partition coefficient (Wildman–Crippen LogP) is 2.06. The Labute approximate surface area is 92.8 Å². The molecular weight excluding hydrogens is 190 g/mol. The third kappa shape index (κ3) is 3.49. The van der Waals surface area contributed by atoms with Crippen molar-refractivity contribution in [2.45, 2.75) is 45.6 Å². The van der Waals surface area contributed by atoms with Gasteiger partial charge in [-0.05, 0) is 32.4 Å². The highest BCUT2D eigenvalue weighted by Crippen LogP contribution is 2.22. The number of rotatable bonds is 4. The van der Waals surface area contributed by atoms with Gasteiger partial charge in [-0.3, -0.25) is 4.79 Å². The lowest BCUT2D eigenvalue weighted by Gasteiger charge is -2.35. The zero-order valence-electron chi connectivity index (χ0n) is 10.2. The first kappa shape index (κ1) is 12.5. The maximum absolute atomic E-state index is 11.3. The van der Waals surface area contributed by atoms with E-state index in [1.165, 1.54) is 32.9 Å². The van der Waals surface area contributed by atoms with E-state index in [4.69, 9.17) is 4.74 Å². The Balaban J connectivity index is 2.43. The minimum Gasteiger partial charge on any atom is -0.469 e. The molecule has 1 fully saturated rings. The van der Waals surface area contributed by atoms with Crippen molar-refractivity contribution in [3.63, 3.8) is 0 Å². The zero-order valence-corrected chi connectivity index (χ0v) is 10.2. The topological polar surface area (TPSA) is 29.5 Å². The Morgan fingerprint density at radius 2 is 2.27 bits per heavy atom. The number of nitrogens with zero attached hydrogens (tertiary/aromatic N) is 1. The van der Waals surface area contributed by atoms with Crippen LogP contribution in [0, 0.1) is 5.92 Å². The summed E-state index contributed by atoms with van der Waals surface area (Å²) in [5.41, 5.74) is 0. The van der Waals surface area contributed by atoms with Gasteiger partial charge in [-0.15, -0.1) is 0 Å². The number of likely N-dealkylation sites (tertiary alicyclic amines) is 1. The molecule has 0 N–H and O–H groups in total. The molecule has 0 bridgehead atoms. The molecule has 1 saturated heterocycles. The van der Waals surface area contributed by atoms with E-state index in [2.05, 4.69) is 11.8 Å². The van der Waals surface area contributed by atoms with Crippen molar-refractivity contribution in [3.05, 3.63) is 0 Å². The summed E-state index contributed by atoms with van der Waals surface area (Å²) in [4.78, 5) is 13.8. The minimum absolute atomic E-state index is 0.0344. The van der Waals surface area contributed by atoms with Crippen molar-refractivity contribution in [2.24, 2.45) is 5.92 Å². The number of carbonyl (C=O) groups excluding carboxylic acids is 1. The molecule has 0 aromatic carbocycles. The van der Waals surface area contributed by atoms with Crippen molar-refractivity contribution in [3.8, 4) is 0 Å². The molecule has 2 atom stereocenters. The summed E-state index contributed by atoms with van der Waals surface area (Å²) >= 11 is 0. The van der Waals surface area contributed by atoms with Gasteiger partial charge in [0.05, 0.1) is 13.0 Å². The van der Waals surface area contributed by atoms with Gasteiger partial charge in [-0.25, -0.2) is 0 Å². The van der Waals surface area contributed by atoms with Gasteiger partial charge in [0.1, 0.15) is 0 Å². The standard InChI is InChI=1S/C12H23NO2/c1-4-13-8-6-5-7-11(13)9-10(2)12(14)15-3/h10-11H,4-9H2,1-3H3. The van der Waals surface area contributed by atoms with Crippen LogP contribution in [0.4, 0.5) is 0 Å². The Morgan fingerprint density at radius 3 is 2.87 bits per heavy atom. The second-order valence-electron chi connectivity index (χ2n) is 4.44. The Kier molecular flexibility index (Phi) is 5.09. The molecule has 88 valence electrons. The smallest absolute Gasteiger partial charge is 0.308 e. The molecule has 0 spiro atoms. The van der Waals surface area contributed by atoms with Crippen LogP contribution in [0.3, 0.4) is 0 Å².